The molecule has 1 amide bonds. The van der Waals surface area contributed by atoms with Crippen LogP contribution < -0.4 is 10.1 Å². The van der Waals surface area contributed by atoms with E-state index in [9.17, 15) is 9.18 Å². The number of carbonyl (C=O) groups is 1. The summed E-state index contributed by atoms with van der Waals surface area (Å²) in [6.45, 7) is 7.02. The third kappa shape index (κ3) is 7.27. The molecule has 0 aromatic heterocycles. The molecule has 178 valence electrons. The van der Waals surface area contributed by atoms with E-state index in [4.69, 9.17) is 4.74 Å². The second-order valence-corrected chi connectivity index (χ2v) is 9.22. The first-order valence-electron chi connectivity index (χ1n) is 12.4. The summed E-state index contributed by atoms with van der Waals surface area (Å²) in [5, 5.41) is 3.03. The van der Waals surface area contributed by atoms with Crippen LogP contribution in [0, 0.1) is 5.82 Å². The zero-order valence-corrected chi connectivity index (χ0v) is 19.5. The van der Waals surface area contributed by atoms with Gasteiger partial charge in [-0.3, -0.25) is 4.79 Å². The number of hydrogen-bond acceptors (Lipinski definition) is 4. The molecule has 1 N–H and O–H groups in total. The molecule has 2 heterocycles. The molecule has 0 unspecified atom stereocenters. The van der Waals surface area contributed by atoms with Gasteiger partial charge in [-0.25, -0.2) is 4.39 Å². The van der Waals surface area contributed by atoms with E-state index in [1.54, 1.807) is 36.4 Å². The van der Waals surface area contributed by atoms with Crippen LogP contribution in [-0.2, 0) is 6.61 Å². The summed E-state index contributed by atoms with van der Waals surface area (Å²) in [5.74, 6) is 0.374. The molecule has 2 aromatic rings. The molecule has 4 rings (SSSR count). The highest BCUT2D eigenvalue weighted by atomic mass is 19.1. The predicted molar refractivity (Wildman–Crippen MR) is 129 cm³/mol. The lowest BCUT2D eigenvalue weighted by Crippen LogP contribution is -2.47. The Hall–Kier alpha value is -2.44. The zero-order valence-electron chi connectivity index (χ0n) is 19.5. The molecule has 5 nitrogen and oxygen atoms in total. The Kier molecular flexibility index (Phi) is 8.72. The van der Waals surface area contributed by atoms with E-state index in [-0.39, 0.29) is 11.7 Å². The average molecular weight is 454 g/mol. The lowest BCUT2D eigenvalue weighted by Gasteiger charge is -2.40. The molecule has 33 heavy (non-hydrogen) atoms. The molecule has 0 aliphatic carbocycles. The lowest BCUT2D eigenvalue weighted by molar-refractivity contribution is 0.0903. The third-order valence-electron chi connectivity index (χ3n) is 6.84. The number of nitrogens with zero attached hydrogens (tertiary/aromatic N) is 2. The van der Waals surface area contributed by atoms with Crippen molar-refractivity contribution >= 4 is 5.91 Å². The third-order valence-corrected chi connectivity index (χ3v) is 6.84. The van der Waals surface area contributed by atoms with Gasteiger partial charge < -0.3 is 19.9 Å². The Morgan fingerprint density at radius 3 is 2.33 bits per heavy atom. The highest BCUT2D eigenvalue weighted by Crippen LogP contribution is 2.21. The summed E-state index contributed by atoms with van der Waals surface area (Å²) in [7, 11) is 0. The summed E-state index contributed by atoms with van der Waals surface area (Å²) in [4.78, 5) is 17.7. The van der Waals surface area contributed by atoms with Gasteiger partial charge in [-0.1, -0.05) is 18.6 Å². The second kappa shape index (κ2) is 12.1. The van der Waals surface area contributed by atoms with Gasteiger partial charge in [-0.05, 0) is 107 Å². The van der Waals surface area contributed by atoms with Crippen molar-refractivity contribution in [3.8, 4) is 5.75 Å². The van der Waals surface area contributed by atoms with E-state index in [1.807, 2.05) is 0 Å². The highest BCUT2D eigenvalue weighted by Gasteiger charge is 2.25. The number of piperidine rings is 2. The molecule has 2 saturated heterocycles. The number of halogens is 1. The number of nitrogens with one attached hydrogen (secondary N) is 1. The van der Waals surface area contributed by atoms with Crippen LogP contribution in [0.15, 0.2) is 48.5 Å². The molecule has 2 aliphatic heterocycles. The van der Waals surface area contributed by atoms with Gasteiger partial charge in [0.1, 0.15) is 18.2 Å². The van der Waals surface area contributed by atoms with E-state index < -0.39 is 0 Å². The minimum atomic E-state index is -0.258. The first-order valence-corrected chi connectivity index (χ1v) is 12.4. The molecule has 6 heteroatoms. The molecule has 0 saturated carbocycles. The number of amides is 1. The van der Waals surface area contributed by atoms with Crippen molar-refractivity contribution in [3.63, 3.8) is 0 Å². The van der Waals surface area contributed by atoms with Crippen LogP contribution in [0.5, 0.6) is 5.75 Å². The normalized spacial score (nSPS) is 18.2. The Labute approximate surface area is 196 Å². The molecule has 0 spiro atoms. The van der Waals surface area contributed by atoms with Crippen LogP contribution >= 0.6 is 0 Å². The van der Waals surface area contributed by atoms with E-state index in [0.29, 0.717) is 24.5 Å². The average Bonchev–Trinajstić information content (AvgIpc) is 2.87. The van der Waals surface area contributed by atoms with Gasteiger partial charge in [0, 0.05) is 18.2 Å². The fourth-order valence-corrected chi connectivity index (χ4v) is 4.85. The molecule has 0 atom stereocenters. The van der Waals surface area contributed by atoms with Crippen LogP contribution in [0.2, 0.25) is 0 Å². The lowest BCUT2D eigenvalue weighted by atomic mass is 10.00. The monoisotopic (exact) mass is 453 g/mol. The maximum atomic E-state index is 13.0. The fourth-order valence-electron chi connectivity index (χ4n) is 4.85. The van der Waals surface area contributed by atoms with E-state index in [2.05, 4.69) is 15.1 Å². The van der Waals surface area contributed by atoms with Crippen molar-refractivity contribution in [2.75, 3.05) is 39.3 Å². The zero-order chi connectivity index (χ0) is 22.9. The Bertz CT molecular complexity index is 858. The quantitative estimate of drug-likeness (QED) is 0.569. The standard InChI is InChI=1S/C27H36FN3O2/c28-24-9-5-22(6-10-24)21-33-26-11-7-23(8-12-26)27(32)29-15-4-16-30-19-13-25(14-20-30)31-17-2-1-3-18-31/h5-12,25H,1-4,13-21H2,(H,29,32). The summed E-state index contributed by atoms with van der Waals surface area (Å²) in [5.41, 5.74) is 1.53. The van der Waals surface area contributed by atoms with Gasteiger partial charge in [-0.2, -0.15) is 0 Å². The SMILES string of the molecule is O=C(NCCCN1CCC(N2CCCCC2)CC1)c1ccc(OCc2ccc(F)cc2)cc1. The van der Waals surface area contributed by atoms with E-state index >= 15 is 0 Å². The smallest absolute Gasteiger partial charge is 0.251 e. The topological polar surface area (TPSA) is 44.8 Å². The molecule has 2 fully saturated rings. The van der Waals surface area contributed by atoms with Crippen molar-refractivity contribution in [2.24, 2.45) is 0 Å². The van der Waals surface area contributed by atoms with Gasteiger partial charge >= 0.3 is 0 Å². The van der Waals surface area contributed by atoms with Crippen molar-refractivity contribution in [1.82, 2.24) is 15.1 Å². The molecular formula is C27H36FN3O2. The van der Waals surface area contributed by atoms with Crippen molar-refractivity contribution in [3.05, 3.63) is 65.5 Å². The Balaban J connectivity index is 1.11. The van der Waals surface area contributed by atoms with E-state index in [1.165, 1.54) is 70.4 Å². The first-order chi connectivity index (χ1) is 16.2. The maximum absolute atomic E-state index is 13.0. The molecule has 2 aliphatic rings. The van der Waals surface area contributed by atoms with Crippen molar-refractivity contribution < 1.29 is 13.9 Å². The molecule has 0 radical (unpaired) electrons. The van der Waals surface area contributed by atoms with Crippen LogP contribution in [0.25, 0.3) is 0 Å². The molecular weight excluding hydrogens is 417 g/mol. The van der Waals surface area contributed by atoms with Crippen LogP contribution in [0.1, 0.15) is 54.4 Å². The van der Waals surface area contributed by atoms with Gasteiger partial charge in [0.05, 0.1) is 0 Å². The second-order valence-electron chi connectivity index (χ2n) is 9.22. The Morgan fingerprint density at radius 1 is 0.939 bits per heavy atom. The number of ether oxygens (including phenoxy) is 1. The fraction of sp³-hybridized carbons (Fsp3) is 0.519. The minimum Gasteiger partial charge on any atom is -0.489 e. The maximum Gasteiger partial charge on any atom is 0.251 e. The van der Waals surface area contributed by atoms with Gasteiger partial charge in [0.15, 0.2) is 0 Å². The summed E-state index contributed by atoms with van der Waals surface area (Å²) in [6.07, 6.45) is 7.66. The summed E-state index contributed by atoms with van der Waals surface area (Å²) in [6, 6.07) is 14.2. The number of hydrogen-bond donors (Lipinski definition) is 1. The number of rotatable bonds is 9. The highest BCUT2D eigenvalue weighted by molar-refractivity contribution is 5.94. The first kappa shape index (κ1) is 23.7. The minimum absolute atomic E-state index is 0.0520. The van der Waals surface area contributed by atoms with Crippen molar-refractivity contribution in [2.45, 2.75) is 51.2 Å². The van der Waals surface area contributed by atoms with Crippen LogP contribution in [0.3, 0.4) is 0 Å². The number of carbonyl (C=O) groups excluding carboxylic acids is 1. The van der Waals surface area contributed by atoms with E-state index in [0.717, 1.165) is 24.6 Å². The molecule has 0 bridgehead atoms. The summed E-state index contributed by atoms with van der Waals surface area (Å²) >= 11 is 0. The number of benzene rings is 2. The van der Waals surface area contributed by atoms with Gasteiger partial charge in [-0.15, -0.1) is 0 Å². The van der Waals surface area contributed by atoms with Crippen molar-refractivity contribution in [1.29, 1.82) is 0 Å². The predicted octanol–water partition coefficient (Wildman–Crippen LogP) is 4.47. The Morgan fingerprint density at radius 2 is 1.64 bits per heavy atom. The van der Waals surface area contributed by atoms with Gasteiger partial charge in [0.25, 0.3) is 5.91 Å². The van der Waals surface area contributed by atoms with Crippen LogP contribution in [-0.4, -0.2) is 61.0 Å². The van der Waals surface area contributed by atoms with Crippen LogP contribution in [0.4, 0.5) is 4.39 Å². The largest absolute Gasteiger partial charge is 0.489 e. The number of likely N-dealkylation sites (tertiary alicyclic amines) is 2. The summed E-state index contributed by atoms with van der Waals surface area (Å²) < 4.78 is 18.7. The van der Waals surface area contributed by atoms with Gasteiger partial charge in [0.2, 0.25) is 0 Å². The molecule has 2 aromatic carbocycles.